The average Bonchev–Trinajstić information content (AvgIpc) is 2.63. The first-order valence-corrected chi connectivity index (χ1v) is 6.62. The molecule has 1 saturated heterocycles. The summed E-state index contributed by atoms with van der Waals surface area (Å²) in [7, 11) is 0. The molecule has 0 radical (unpaired) electrons. The highest BCUT2D eigenvalue weighted by Gasteiger charge is 2.25. The topological polar surface area (TPSA) is 52.6 Å². The van der Waals surface area contributed by atoms with Crippen LogP contribution < -0.4 is 0 Å². The Morgan fingerprint density at radius 1 is 1.26 bits per heavy atom. The van der Waals surface area contributed by atoms with E-state index in [0.717, 1.165) is 18.4 Å². The maximum Gasteiger partial charge on any atom is 0.309 e. The normalized spacial score (nSPS) is 19.4. The minimum atomic E-state index is -0.342. The molecule has 1 aromatic rings. The molecule has 1 aliphatic heterocycles. The zero-order valence-electron chi connectivity index (χ0n) is 10.8. The van der Waals surface area contributed by atoms with Crippen molar-refractivity contribution in [1.82, 2.24) is 0 Å². The molecule has 0 spiro atoms. The summed E-state index contributed by atoms with van der Waals surface area (Å²) in [6, 6.07) is 9.49. The zero-order chi connectivity index (χ0) is 13.5. The number of hydrogen-bond donors (Lipinski definition) is 0. The molecule has 0 aromatic heterocycles. The van der Waals surface area contributed by atoms with Crippen molar-refractivity contribution >= 4 is 11.9 Å². The van der Waals surface area contributed by atoms with Crippen LogP contribution in [0.2, 0.25) is 0 Å². The highest BCUT2D eigenvalue weighted by Crippen LogP contribution is 2.19. The summed E-state index contributed by atoms with van der Waals surface area (Å²) in [5.74, 6) is -0.951. The smallest absolute Gasteiger partial charge is 0.309 e. The van der Waals surface area contributed by atoms with Crippen molar-refractivity contribution in [3.63, 3.8) is 0 Å². The van der Waals surface area contributed by atoms with Crippen LogP contribution in [-0.2, 0) is 25.7 Å². The second-order valence-electron chi connectivity index (χ2n) is 4.71. The monoisotopic (exact) mass is 262 g/mol. The summed E-state index contributed by atoms with van der Waals surface area (Å²) in [5, 5.41) is 0. The first-order valence-electron chi connectivity index (χ1n) is 6.62. The summed E-state index contributed by atoms with van der Waals surface area (Å²) >= 11 is 0. The highest BCUT2D eigenvalue weighted by molar-refractivity contribution is 5.80. The van der Waals surface area contributed by atoms with Crippen molar-refractivity contribution in [2.75, 3.05) is 6.61 Å². The Balaban J connectivity index is 1.79. The molecular formula is C15H18O4. The second-order valence-corrected chi connectivity index (χ2v) is 4.71. The van der Waals surface area contributed by atoms with Gasteiger partial charge in [0.25, 0.3) is 0 Å². The predicted molar refractivity (Wildman–Crippen MR) is 69.2 cm³/mol. The first kappa shape index (κ1) is 13.6. The maximum atomic E-state index is 11.7. The van der Waals surface area contributed by atoms with E-state index in [2.05, 4.69) is 0 Å². The van der Waals surface area contributed by atoms with Gasteiger partial charge in [-0.15, -0.1) is 0 Å². The largest absolute Gasteiger partial charge is 0.465 e. The van der Waals surface area contributed by atoms with Gasteiger partial charge in [-0.25, -0.2) is 0 Å². The van der Waals surface area contributed by atoms with Crippen LogP contribution in [0.3, 0.4) is 0 Å². The lowest BCUT2D eigenvalue weighted by Crippen LogP contribution is -2.20. The van der Waals surface area contributed by atoms with E-state index < -0.39 is 0 Å². The molecule has 1 aromatic carbocycles. The Morgan fingerprint density at radius 2 is 2.05 bits per heavy atom. The molecule has 1 atom stereocenters. The van der Waals surface area contributed by atoms with Crippen molar-refractivity contribution < 1.29 is 19.1 Å². The van der Waals surface area contributed by atoms with Gasteiger partial charge in [0.15, 0.2) is 0 Å². The van der Waals surface area contributed by atoms with E-state index in [1.165, 1.54) is 0 Å². The summed E-state index contributed by atoms with van der Waals surface area (Å²) in [4.78, 5) is 23.3. The molecular weight excluding hydrogens is 244 g/mol. The number of carbonyl (C=O) groups excluding carboxylic acids is 2. The molecule has 0 N–H and O–H groups in total. The van der Waals surface area contributed by atoms with E-state index in [9.17, 15) is 9.59 Å². The Labute approximate surface area is 112 Å². The van der Waals surface area contributed by atoms with Crippen LogP contribution >= 0.6 is 0 Å². The fourth-order valence-electron chi connectivity index (χ4n) is 2.08. The van der Waals surface area contributed by atoms with Gasteiger partial charge in [-0.05, 0) is 24.8 Å². The van der Waals surface area contributed by atoms with E-state index in [1.807, 2.05) is 30.3 Å². The van der Waals surface area contributed by atoms with E-state index >= 15 is 0 Å². The molecule has 2 rings (SSSR count). The van der Waals surface area contributed by atoms with Crippen LogP contribution in [0.15, 0.2) is 30.3 Å². The molecule has 102 valence electrons. The zero-order valence-corrected chi connectivity index (χ0v) is 10.8. The van der Waals surface area contributed by atoms with E-state index in [-0.39, 0.29) is 30.9 Å². The molecule has 4 heteroatoms. The van der Waals surface area contributed by atoms with Crippen molar-refractivity contribution in [1.29, 1.82) is 0 Å². The minimum Gasteiger partial charge on any atom is -0.465 e. The Bertz CT molecular complexity index is 427. The number of hydrogen-bond acceptors (Lipinski definition) is 4. The van der Waals surface area contributed by atoms with Gasteiger partial charge in [-0.1, -0.05) is 30.3 Å². The number of esters is 2. The third-order valence-corrected chi connectivity index (χ3v) is 3.18. The molecule has 1 heterocycles. The maximum absolute atomic E-state index is 11.7. The van der Waals surface area contributed by atoms with Crippen molar-refractivity contribution in [2.45, 2.75) is 32.3 Å². The lowest BCUT2D eigenvalue weighted by atomic mass is 10.00. The SMILES string of the molecule is O=C(CC1CCCCOC1=O)OCc1ccccc1. The number of cyclic esters (lactones) is 1. The quantitative estimate of drug-likeness (QED) is 0.782. The van der Waals surface area contributed by atoms with Crippen molar-refractivity contribution in [2.24, 2.45) is 5.92 Å². The fraction of sp³-hybridized carbons (Fsp3) is 0.467. The van der Waals surface area contributed by atoms with Gasteiger partial charge in [0, 0.05) is 0 Å². The van der Waals surface area contributed by atoms with Crippen LogP contribution in [0.5, 0.6) is 0 Å². The van der Waals surface area contributed by atoms with Crippen LogP contribution in [0.25, 0.3) is 0 Å². The van der Waals surface area contributed by atoms with E-state index in [4.69, 9.17) is 9.47 Å². The Kier molecular flexibility index (Phi) is 4.95. The average molecular weight is 262 g/mol. The number of rotatable bonds is 4. The van der Waals surface area contributed by atoms with Crippen LogP contribution in [0, 0.1) is 5.92 Å². The minimum absolute atomic E-state index is 0.117. The summed E-state index contributed by atoms with van der Waals surface area (Å²) in [6.07, 6.45) is 2.62. The van der Waals surface area contributed by atoms with Crippen molar-refractivity contribution in [3.8, 4) is 0 Å². The van der Waals surface area contributed by atoms with Gasteiger partial charge < -0.3 is 9.47 Å². The van der Waals surface area contributed by atoms with Gasteiger partial charge in [0.2, 0.25) is 0 Å². The molecule has 0 aliphatic carbocycles. The summed E-state index contributed by atoms with van der Waals surface area (Å²) in [6.45, 7) is 0.718. The van der Waals surface area contributed by atoms with Crippen LogP contribution in [0.1, 0.15) is 31.2 Å². The van der Waals surface area contributed by atoms with Crippen LogP contribution in [0.4, 0.5) is 0 Å². The summed E-state index contributed by atoms with van der Waals surface area (Å²) < 4.78 is 10.2. The van der Waals surface area contributed by atoms with Crippen molar-refractivity contribution in [3.05, 3.63) is 35.9 Å². The number of carbonyl (C=O) groups is 2. The molecule has 0 amide bonds. The Hall–Kier alpha value is -1.84. The molecule has 1 aliphatic rings. The molecule has 0 saturated carbocycles. The third kappa shape index (κ3) is 4.39. The molecule has 1 fully saturated rings. The molecule has 0 bridgehead atoms. The number of ether oxygens (including phenoxy) is 2. The predicted octanol–water partition coefficient (Wildman–Crippen LogP) is 2.46. The second kappa shape index (κ2) is 6.92. The highest BCUT2D eigenvalue weighted by atomic mass is 16.5. The van der Waals surface area contributed by atoms with Gasteiger partial charge in [0.1, 0.15) is 6.61 Å². The van der Waals surface area contributed by atoms with E-state index in [0.29, 0.717) is 13.0 Å². The van der Waals surface area contributed by atoms with E-state index in [1.54, 1.807) is 0 Å². The molecule has 19 heavy (non-hydrogen) atoms. The van der Waals surface area contributed by atoms with Gasteiger partial charge in [-0.2, -0.15) is 0 Å². The van der Waals surface area contributed by atoms with Gasteiger partial charge in [0.05, 0.1) is 18.9 Å². The molecule has 1 unspecified atom stereocenters. The lowest BCUT2D eigenvalue weighted by Gasteiger charge is -2.11. The Morgan fingerprint density at radius 3 is 2.84 bits per heavy atom. The number of benzene rings is 1. The summed E-state index contributed by atoms with van der Waals surface area (Å²) in [5.41, 5.74) is 0.944. The molecule has 4 nitrogen and oxygen atoms in total. The third-order valence-electron chi connectivity index (χ3n) is 3.18. The van der Waals surface area contributed by atoms with Gasteiger partial charge >= 0.3 is 11.9 Å². The van der Waals surface area contributed by atoms with Crippen LogP contribution in [-0.4, -0.2) is 18.5 Å². The fourth-order valence-corrected chi connectivity index (χ4v) is 2.08. The first-order chi connectivity index (χ1) is 9.25. The van der Waals surface area contributed by atoms with Gasteiger partial charge in [-0.3, -0.25) is 9.59 Å². The lowest BCUT2D eigenvalue weighted by molar-refractivity contribution is -0.155. The standard InChI is InChI=1S/C15H18O4/c16-14(19-11-12-6-2-1-3-7-12)10-13-8-4-5-9-18-15(13)17/h1-3,6-7,13H,4-5,8-11H2.